The van der Waals surface area contributed by atoms with Crippen molar-refractivity contribution < 1.29 is 14.3 Å². The van der Waals surface area contributed by atoms with Gasteiger partial charge in [-0.05, 0) is 48.4 Å². The van der Waals surface area contributed by atoms with Crippen molar-refractivity contribution in [3.05, 3.63) is 93.8 Å². The molecule has 0 saturated carbocycles. The number of fused-ring (bicyclic) bond motifs is 1. The molecule has 0 aliphatic carbocycles. The topological polar surface area (TPSA) is 66.2 Å². The first-order chi connectivity index (χ1) is 16.9. The highest BCUT2D eigenvalue weighted by atomic mass is 35.5. The lowest BCUT2D eigenvalue weighted by Gasteiger charge is -2.16. The van der Waals surface area contributed by atoms with E-state index in [1.54, 1.807) is 12.5 Å². The smallest absolute Gasteiger partial charge is 0.351 e. The zero-order valence-corrected chi connectivity index (χ0v) is 21.1. The van der Waals surface area contributed by atoms with E-state index in [1.807, 2.05) is 72.2 Å². The third kappa shape index (κ3) is 4.62. The van der Waals surface area contributed by atoms with Crippen LogP contribution in [0.3, 0.4) is 0 Å². The van der Waals surface area contributed by atoms with Crippen LogP contribution in [0.15, 0.2) is 73.2 Å². The second-order valence-electron chi connectivity index (χ2n) is 7.74. The summed E-state index contributed by atoms with van der Waals surface area (Å²) in [5.41, 5.74) is 4.45. The summed E-state index contributed by atoms with van der Waals surface area (Å²) in [6, 6.07) is 19.0. The highest BCUT2D eigenvalue weighted by molar-refractivity contribution is 7.16. The molecule has 0 unspecified atom stereocenters. The Labute approximate surface area is 215 Å². The Kier molecular flexibility index (Phi) is 6.47. The van der Waals surface area contributed by atoms with Crippen molar-refractivity contribution in [1.82, 2.24) is 14.5 Å². The summed E-state index contributed by atoms with van der Waals surface area (Å²) in [5.74, 6) is -0.0435. The Bertz CT molecular complexity index is 1550. The molecule has 1 atom stereocenters. The quantitative estimate of drug-likeness (QED) is 0.171. The highest BCUT2D eigenvalue weighted by Crippen LogP contribution is 2.38. The van der Waals surface area contributed by atoms with Crippen molar-refractivity contribution in [2.24, 2.45) is 0 Å². The van der Waals surface area contributed by atoms with Gasteiger partial charge in [0.25, 0.3) is 0 Å². The predicted molar refractivity (Wildman–Crippen MR) is 139 cm³/mol. The first kappa shape index (κ1) is 23.4. The van der Waals surface area contributed by atoms with Crippen LogP contribution in [-0.2, 0) is 4.74 Å². The second-order valence-corrected chi connectivity index (χ2v) is 9.56. The first-order valence-electron chi connectivity index (χ1n) is 10.7. The molecule has 3 aromatic heterocycles. The Morgan fingerprint density at radius 2 is 1.83 bits per heavy atom. The van der Waals surface area contributed by atoms with Crippen molar-refractivity contribution in [3.8, 4) is 21.9 Å². The maximum absolute atomic E-state index is 12.5. The fraction of sp³-hybridized carbons (Fsp3) is 0.115. The van der Waals surface area contributed by atoms with Crippen LogP contribution in [-0.4, -0.2) is 27.6 Å². The Morgan fingerprint density at radius 3 is 2.60 bits per heavy atom. The number of nitrogens with zero attached hydrogens (tertiary/aromatic N) is 3. The average molecular weight is 524 g/mol. The minimum absolute atomic E-state index is 0.367. The molecule has 9 heteroatoms. The monoisotopic (exact) mass is 523 g/mol. The van der Waals surface area contributed by atoms with Crippen LogP contribution in [0.2, 0.25) is 10.2 Å². The second kappa shape index (κ2) is 9.70. The number of carbonyl (C=O) groups is 1. The standard InChI is InChI=1S/C26H19Cl2N3O3S/c1-15(18-5-3-4-6-19(18)27)34-22-13-24(35-25(22)26(32)33-2)31-14-30-20-11-16(7-8-21(20)31)17-9-10-29-23(28)12-17/h3-15H,1-2H3/t15-/m1/s1. The van der Waals surface area contributed by atoms with Gasteiger partial charge >= 0.3 is 5.97 Å². The van der Waals surface area contributed by atoms with E-state index in [2.05, 4.69) is 9.97 Å². The third-order valence-corrected chi connectivity index (χ3v) is 7.19. The number of rotatable bonds is 6. The summed E-state index contributed by atoms with van der Waals surface area (Å²) >= 11 is 13.7. The molecule has 0 spiro atoms. The zero-order valence-electron chi connectivity index (χ0n) is 18.7. The number of methoxy groups -OCH3 is 1. The van der Waals surface area contributed by atoms with E-state index in [1.165, 1.54) is 18.4 Å². The van der Waals surface area contributed by atoms with Crippen LogP contribution in [0.1, 0.15) is 28.3 Å². The number of esters is 1. The van der Waals surface area contributed by atoms with E-state index in [-0.39, 0.29) is 6.10 Å². The van der Waals surface area contributed by atoms with E-state index < -0.39 is 5.97 Å². The molecule has 0 saturated heterocycles. The van der Waals surface area contributed by atoms with Crippen molar-refractivity contribution in [2.75, 3.05) is 7.11 Å². The maximum atomic E-state index is 12.5. The van der Waals surface area contributed by atoms with Gasteiger partial charge in [-0.15, -0.1) is 11.3 Å². The van der Waals surface area contributed by atoms with E-state index >= 15 is 0 Å². The number of benzene rings is 2. The third-order valence-electron chi connectivity index (χ3n) is 5.55. The summed E-state index contributed by atoms with van der Waals surface area (Å²) in [5, 5.41) is 1.80. The molecule has 0 bridgehead atoms. The van der Waals surface area contributed by atoms with E-state index in [0.29, 0.717) is 20.8 Å². The van der Waals surface area contributed by atoms with Crippen molar-refractivity contribution in [2.45, 2.75) is 13.0 Å². The number of halogens is 2. The van der Waals surface area contributed by atoms with Gasteiger partial charge in [0.15, 0.2) is 4.88 Å². The Morgan fingerprint density at radius 1 is 1.03 bits per heavy atom. The molecule has 2 aromatic carbocycles. The van der Waals surface area contributed by atoms with E-state index in [9.17, 15) is 4.79 Å². The minimum Gasteiger partial charge on any atom is -0.484 e. The zero-order chi connectivity index (χ0) is 24.5. The number of hydrogen-bond donors (Lipinski definition) is 0. The Balaban J connectivity index is 1.52. The van der Waals surface area contributed by atoms with Crippen molar-refractivity contribution in [3.63, 3.8) is 0 Å². The van der Waals surface area contributed by atoms with Gasteiger partial charge in [0.2, 0.25) is 0 Å². The van der Waals surface area contributed by atoms with Gasteiger partial charge in [0.1, 0.15) is 28.3 Å². The molecule has 0 aliphatic heterocycles. The minimum atomic E-state index is -0.469. The van der Waals surface area contributed by atoms with Gasteiger partial charge in [0.05, 0.1) is 18.1 Å². The fourth-order valence-corrected chi connectivity index (χ4v) is 5.27. The normalized spacial score (nSPS) is 12.0. The number of pyridine rings is 1. The van der Waals surface area contributed by atoms with Gasteiger partial charge in [0, 0.05) is 22.8 Å². The number of hydrogen-bond acceptors (Lipinski definition) is 6. The molecule has 0 aliphatic rings. The molecule has 5 aromatic rings. The molecule has 0 fully saturated rings. The summed E-state index contributed by atoms with van der Waals surface area (Å²) < 4.78 is 13.1. The number of imidazole rings is 1. The SMILES string of the molecule is COC(=O)c1sc(-n2cnc3cc(-c4ccnc(Cl)c4)ccc32)cc1O[C@H](C)c1ccccc1Cl. The molecule has 35 heavy (non-hydrogen) atoms. The summed E-state index contributed by atoms with van der Waals surface area (Å²) in [4.78, 5) is 21.5. The van der Waals surface area contributed by atoms with Gasteiger partial charge in [-0.25, -0.2) is 14.8 Å². The summed E-state index contributed by atoms with van der Waals surface area (Å²) in [6.45, 7) is 1.89. The molecule has 0 amide bonds. The van der Waals surface area contributed by atoms with E-state index in [0.717, 1.165) is 32.7 Å². The number of thiophene rings is 1. The van der Waals surface area contributed by atoms with E-state index in [4.69, 9.17) is 32.7 Å². The van der Waals surface area contributed by atoms with Crippen LogP contribution < -0.4 is 4.74 Å². The first-order valence-corrected chi connectivity index (χ1v) is 12.2. The van der Waals surface area contributed by atoms with Crippen LogP contribution >= 0.6 is 34.5 Å². The number of aromatic nitrogens is 3. The molecule has 0 N–H and O–H groups in total. The molecule has 6 nitrogen and oxygen atoms in total. The van der Waals surface area contributed by atoms with Crippen LogP contribution in [0, 0.1) is 0 Å². The predicted octanol–water partition coefficient (Wildman–Crippen LogP) is 7.38. The molecule has 176 valence electrons. The van der Waals surface area contributed by atoms with Gasteiger partial charge in [-0.3, -0.25) is 4.57 Å². The van der Waals surface area contributed by atoms with Crippen molar-refractivity contribution >= 4 is 51.5 Å². The highest BCUT2D eigenvalue weighted by Gasteiger charge is 2.23. The fourth-order valence-electron chi connectivity index (χ4n) is 3.81. The summed E-state index contributed by atoms with van der Waals surface area (Å²) in [7, 11) is 1.35. The lowest BCUT2D eigenvalue weighted by Crippen LogP contribution is -2.07. The van der Waals surface area contributed by atoms with Gasteiger partial charge < -0.3 is 9.47 Å². The average Bonchev–Trinajstić information content (AvgIpc) is 3.47. The lowest BCUT2D eigenvalue weighted by atomic mass is 10.1. The van der Waals surface area contributed by atoms with Crippen LogP contribution in [0.5, 0.6) is 5.75 Å². The molecular weight excluding hydrogens is 505 g/mol. The Hall–Kier alpha value is -3.39. The molecule has 0 radical (unpaired) electrons. The van der Waals surface area contributed by atoms with Gasteiger partial charge in [-0.1, -0.05) is 47.5 Å². The number of carbonyl (C=O) groups excluding carboxylic acids is 1. The maximum Gasteiger partial charge on any atom is 0.351 e. The van der Waals surface area contributed by atoms with Crippen LogP contribution in [0.4, 0.5) is 0 Å². The van der Waals surface area contributed by atoms with Crippen molar-refractivity contribution in [1.29, 1.82) is 0 Å². The molecular formula is C26H19Cl2N3O3S. The largest absolute Gasteiger partial charge is 0.484 e. The lowest BCUT2D eigenvalue weighted by molar-refractivity contribution is 0.0600. The van der Waals surface area contributed by atoms with Crippen LogP contribution in [0.25, 0.3) is 27.2 Å². The molecule has 5 rings (SSSR count). The van der Waals surface area contributed by atoms with Gasteiger partial charge in [-0.2, -0.15) is 0 Å². The molecule has 3 heterocycles. The summed E-state index contributed by atoms with van der Waals surface area (Å²) in [6.07, 6.45) is 3.03. The number of ether oxygens (including phenoxy) is 2.